The van der Waals surface area contributed by atoms with Crippen LogP contribution >= 0.6 is 0 Å². The molecular formula is C18H23N5O3. The first-order chi connectivity index (χ1) is 12.5. The molecule has 2 N–H and O–H groups in total. The highest BCUT2D eigenvalue weighted by molar-refractivity contribution is 5.91. The monoisotopic (exact) mass is 357 g/mol. The van der Waals surface area contributed by atoms with Crippen molar-refractivity contribution >= 4 is 17.6 Å². The van der Waals surface area contributed by atoms with Crippen LogP contribution in [-0.4, -0.2) is 68.9 Å². The van der Waals surface area contributed by atoms with Crippen molar-refractivity contribution in [3.63, 3.8) is 0 Å². The van der Waals surface area contributed by atoms with Crippen molar-refractivity contribution in [3.05, 3.63) is 42.2 Å². The minimum Gasteiger partial charge on any atom is -0.384 e. The molecule has 2 aromatic rings. The number of rotatable bonds is 3. The van der Waals surface area contributed by atoms with Crippen molar-refractivity contribution in [2.24, 2.45) is 0 Å². The summed E-state index contributed by atoms with van der Waals surface area (Å²) in [5.41, 5.74) is 2.35. The third-order valence-corrected chi connectivity index (χ3v) is 4.35. The lowest BCUT2D eigenvalue weighted by atomic mass is 10.2. The number of urea groups is 1. The summed E-state index contributed by atoms with van der Waals surface area (Å²) in [5.74, 6) is -0.301. The summed E-state index contributed by atoms with van der Waals surface area (Å²) < 4.78 is 1.73. The number of amides is 3. The fourth-order valence-electron chi connectivity index (χ4n) is 2.92. The van der Waals surface area contributed by atoms with Crippen LogP contribution in [0.1, 0.15) is 12.6 Å². The van der Waals surface area contributed by atoms with E-state index in [1.165, 1.54) is 6.92 Å². The Morgan fingerprint density at radius 1 is 1.12 bits per heavy atom. The molecular weight excluding hydrogens is 334 g/mol. The van der Waals surface area contributed by atoms with Gasteiger partial charge in [0.25, 0.3) is 5.91 Å². The lowest BCUT2D eigenvalue weighted by Crippen LogP contribution is -2.53. The van der Waals surface area contributed by atoms with Gasteiger partial charge in [0, 0.05) is 32.4 Å². The maximum Gasteiger partial charge on any atom is 0.322 e. The molecule has 1 fully saturated rings. The standard InChI is InChI=1S/C18H23N5O3/c1-13-7-8-23(20-13)16-6-4-3-5-15(16)19-18(26)22-11-9-21(10-12-22)17(25)14(2)24/h3-8,14,24H,9-12H2,1-2H3,(H,19,26). The summed E-state index contributed by atoms with van der Waals surface area (Å²) in [6.07, 6.45) is 0.834. The molecule has 3 amide bonds. The number of carbonyl (C=O) groups is 2. The molecule has 8 heteroatoms. The van der Waals surface area contributed by atoms with Crippen LogP contribution in [0.4, 0.5) is 10.5 Å². The van der Waals surface area contributed by atoms with E-state index in [1.54, 1.807) is 14.5 Å². The van der Waals surface area contributed by atoms with E-state index in [4.69, 9.17) is 0 Å². The minimum atomic E-state index is -1.01. The van der Waals surface area contributed by atoms with Crippen molar-refractivity contribution < 1.29 is 14.7 Å². The van der Waals surface area contributed by atoms with Gasteiger partial charge in [0.1, 0.15) is 6.10 Å². The maximum atomic E-state index is 12.6. The summed E-state index contributed by atoms with van der Waals surface area (Å²) in [5, 5.41) is 16.7. The highest BCUT2D eigenvalue weighted by atomic mass is 16.3. The second-order valence-electron chi connectivity index (χ2n) is 6.34. The summed E-state index contributed by atoms with van der Waals surface area (Å²) >= 11 is 0. The van der Waals surface area contributed by atoms with Gasteiger partial charge in [-0.05, 0) is 32.0 Å². The average Bonchev–Trinajstić information content (AvgIpc) is 3.07. The van der Waals surface area contributed by atoms with Gasteiger partial charge in [-0.25, -0.2) is 9.48 Å². The molecule has 0 bridgehead atoms. The Bertz CT molecular complexity index is 794. The molecule has 1 aromatic carbocycles. The van der Waals surface area contributed by atoms with Gasteiger partial charge in [-0.15, -0.1) is 0 Å². The summed E-state index contributed by atoms with van der Waals surface area (Å²) in [7, 11) is 0. The van der Waals surface area contributed by atoms with Crippen molar-refractivity contribution in [3.8, 4) is 5.69 Å². The van der Waals surface area contributed by atoms with Crippen LogP contribution in [0.15, 0.2) is 36.5 Å². The maximum absolute atomic E-state index is 12.6. The predicted molar refractivity (Wildman–Crippen MR) is 97.2 cm³/mol. The normalized spacial score (nSPS) is 15.7. The van der Waals surface area contributed by atoms with Gasteiger partial charge in [0.15, 0.2) is 0 Å². The van der Waals surface area contributed by atoms with Gasteiger partial charge >= 0.3 is 6.03 Å². The topological polar surface area (TPSA) is 90.7 Å². The lowest BCUT2D eigenvalue weighted by Gasteiger charge is -2.35. The molecule has 26 heavy (non-hydrogen) atoms. The Balaban J connectivity index is 1.66. The number of hydrogen-bond donors (Lipinski definition) is 2. The van der Waals surface area contributed by atoms with Crippen molar-refractivity contribution in [2.75, 3.05) is 31.5 Å². The number of aromatic nitrogens is 2. The molecule has 0 saturated carbocycles. The zero-order chi connectivity index (χ0) is 18.7. The van der Waals surface area contributed by atoms with E-state index in [2.05, 4.69) is 10.4 Å². The quantitative estimate of drug-likeness (QED) is 0.865. The Morgan fingerprint density at radius 2 is 1.77 bits per heavy atom. The molecule has 0 spiro atoms. The zero-order valence-electron chi connectivity index (χ0n) is 14.9. The van der Waals surface area contributed by atoms with Crippen LogP contribution in [-0.2, 0) is 4.79 Å². The molecule has 0 radical (unpaired) electrons. The number of nitrogens with zero attached hydrogens (tertiary/aromatic N) is 4. The summed E-state index contributed by atoms with van der Waals surface area (Å²) in [4.78, 5) is 27.7. The van der Waals surface area contributed by atoms with Crippen LogP contribution in [0.25, 0.3) is 5.69 Å². The number of nitrogens with one attached hydrogen (secondary N) is 1. The number of benzene rings is 1. The molecule has 1 aliphatic rings. The van der Waals surface area contributed by atoms with Crippen molar-refractivity contribution in [1.29, 1.82) is 0 Å². The average molecular weight is 357 g/mol. The first kappa shape index (κ1) is 17.9. The molecule has 2 heterocycles. The fourth-order valence-corrected chi connectivity index (χ4v) is 2.92. The van der Waals surface area contributed by atoms with E-state index in [-0.39, 0.29) is 11.9 Å². The molecule has 1 aliphatic heterocycles. The van der Waals surface area contributed by atoms with Gasteiger partial charge in [-0.3, -0.25) is 4.79 Å². The van der Waals surface area contributed by atoms with Crippen LogP contribution in [0, 0.1) is 6.92 Å². The number of carbonyl (C=O) groups excluding carboxylic acids is 2. The Labute approximate surface area is 152 Å². The highest BCUT2D eigenvalue weighted by Gasteiger charge is 2.26. The molecule has 138 valence electrons. The van der Waals surface area contributed by atoms with Crippen molar-refractivity contribution in [1.82, 2.24) is 19.6 Å². The number of aryl methyl sites for hydroxylation is 1. The largest absolute Gasteiger partial charge is 0.384 e. The van der Waals surface area contributed by atoms with Crippen LogP contribution in [0.2, 0.25) is 0 Å². The molecule has 3 rings (SSSR count). The van der Waals surface area contributed by atoms with E-state index >= 15 is 0 Å². The molecule has 1 atom stereocenters. The van der Waals surface area contributed by atoms with Gasteiger partial charge < -0.3 is 20.2 Å². The van der Waals surface area contributed by atoms with E-state index in [0.29, 0.717) is 31.9 Å². The predicted octanol–water partition coefficient (Wildman–Crippen LogP) is 1.24. The van der Waals surface area contributed by atoms with E-state index < -0.39 is 6.10 Å². The lowest BCUT2D eigenvalue weighted by molar-refractivity contribution is -0.140. The van der Waals surface area contributed by atoms with E-state index in [9.17, 15) is 14.7 Å². The number of anilines is 1. The molecule has 0 aliphatic carbocycles. The Morgan fingerprint density at radius 3 is 2.38 bits per heavy atom. The number of aliphatic hydroxyl groups excluding tert-OH is 1. The molecule has 1 saturated heterocycles. The zero-order valence-corrected chi connectivity index (χ0v) is 14.9. The highest BCUT2D eigenvalue weighted by Crippen LogP contribution is 2.20. The molecule has 1 unspecified atom stereocenters. The van der Waals surface area contributed by atoms with E-state index in [0.717, 1.165) is 11.4 Å². The van der Waals surface area contributed by atoms with Gasteiger partial charge in [0.05, 0.1) is 17.1 Å². The number of para-hydroxylation sites is 2. The van der Waals surface area contributed by atoms with Gasteiger partial charge in [0.2, 0.25) is 0 Å². The van der Waals surface area contributed by atoms with Crippen LogP contribution in [0.3, 0.4) is 0 Å². The second-order valence-corrected chi connectivity index (χ2v) is 6.34. The van der Waals surface area contributed by atoms with E-state index in [1.807, 2.05) is 43.5 Å². The minimum absolute atomic E-state index is 0.217. The van der Waals surface area contributed by atoms with Crippen molar-refractivity contribution in [2.45, 2.75) is 20.0 Å². The third kappa shape index (κ3) is 3.85. The second kappa shape index (κ2) is 7.57. The fraction of sp³-hybridized carbons (Fsp3) is 0.389. The number of aliphatic hydroxyl groups is 1. The molecule has 1 aromatic heterocycles. The van der Waals surface area contributed by atoms with Crippen LogP contribution < -0.4 is 5.32 Å². The Kier molecular flexibility index (Phi) is 5.22. The SMILES string of the molecule is Cc1ccn(-c2ccccc2NC(=O)N2CCN(C(=O)C(C)O)CC2)n1. The van der Waals surface area contributed by atoms with Crippen LogP contribution in [0.5, 0.6) is 0 Å². The smallest absolute Gasteiger partial charge is 0.322 e. The summed E-state index contributed by atoms with van der Waals surface area (Å²) in [6, 6.07) is 9.15. The Hall–Kier alpha value is -2.87. The van der Waals surface area contributed by atoms with Gasteiger partial charge in [-0.1, -0.05) is 12.1 Å². The third-order valence-electron chi connectivity index (χ3n) is 4.35. The number of piperazine rings is 1. The first-order valence-corrected chi connectivity index (χ1v) is 8.60. The van der Waals surface area contributed by atoms with Gasteiger partial charge in [-0.2, -0.15) is 5.10 Å². The number of hydrogen-bond acceptors (Lipinski definition) is 4. The molecule has 8 nitrogen and oxygen atoms in total. The summed E-state index contributed by atoms with van der Waals surface area (Å²) in [6.45, 7) is 5.04. The first-order valence-electron chi connectivity index (χ1n) is 8.60.